The molecule has 0 bridgehead atoms. The summed E-state index contributed by atoms with van der Waals surface area (Å²) in [7, 11) is 0. The van der Waals surface area contributed by atoms with E-state index in [0.717, 1.165) is 17.6 Å². The Balaban J connectivity index is 1.95. The molecule has 0 aliphatic carbocycles. The first-order valence-electron chi connectivity index (χ1n) is 7.28. The highest BCUT2D eigenvalue weighted by atomic mass is 35.5. The lowest BCUT2D eigenvalue weighted by molar-refractivity contribution is 0.0267. The molecule has 1 heterocycles. The van der Waals surface area contributed by atoms with Crippen molar-refractivity contribution in [2.45, 2.75) is 32.8 Å². The van der Waals surface area contributed by atoms with Crippen molar-refractivity contribution < 1.29 is 9.53 Å². The zero-order valence-corrected chi connectivity index (χ0v) is 13.9. The van der Waals surface area contributed by atoms with E-state index in [1.807, 2.05) is 51.1 Å². The van der Waals surface area contributed by atoms with Crippen LogP contribution in [0.15, 0.2) is 35.9 Å². The van der Waals surface area contributed by atoms with Crippen molar-refractivity contribution in [1.29, 1.82) is 0 Å². The van der Waals surface area contributed by atoms with E-state index >= 15 is 0 Å². The molecule has 0 unspecified atom stereocenters. The summed E-state index contributed by atoms with van der Waals surface area (Å²) in [4.78, 5) is 13.7. The van der Waals surface area contributed by atoms with E-state index in [0.29, 0.717) is 18.1 Å². The van der Waals surface area contributed by atoms with Crippen molar-refractivity contribution >= 4 is 17.7 Å². The van der Waals surface area contributed by atoms with E-state index in [4.69, 9.17) is 16.3 Å². The molecule has 0 fully saturated rings. The Kier molecular flexibility index (Phi) is 5.15. The summed E-state index contributed by atoms with van der Waals surface area (Å²) in [5.74, 6) is 6.27. The van der Waals surface area contributed by atoms with E-state index in [-0.39, 0.29) is 6.09 Å². The number of ether oxygens (including phenoxy) is 1. The molecule has 1 aliphatic rings. The van der Waals surface area contributed by atoms with Gasteiger partial charge in [0.15, 0.2) is 0 Å². The molecular formula is C18H20ClNO2. The molecule has 0 aromatic heterocycles. The lowest BCUT2D eigenvalue weighted by Gasteiger charge is -2.28. The van der Waals surface area contributed by atoms with Gasteiger partial charge in [-0.2, -0.15) is 0 Å². The van der Waals surface area contributed by atoms with E-state index in [1.54, 1.807) is 4.90 Å². The number of halogens is 1. The van der Waals surface area contributed by atoms with Gasteiger partial charge in [0.25, 0.3) is 0 Å². The quantitative estimate of drug-likeness (QED) is 0.669. The standard InChI is InChI=1S/C18H20ClNO2/c1-18(2,3)22-17(21)20-12-10-15(11-13-20)5-4-14-6-8-16(19)9-7-14/h6-10H,11-13H2,1-3H3. The van der Waals surface area contributed by atoms with Crippen LogP contribution in [0.1, 0.15) is 32.8 Å². The first-order chi connectivity index (χ1) is 10.3. The monoisotopic (exact) mass is 317 g/mol. The minimum Gasteiger partial charge on any atom is -0.444 e. The largest absolute Gasteiger partial charge is 0.444 e. The molecule has 2 rings (SSSR count). The van der Waals surface area contributed by atoms with Crippen LogP contribution in [0.25, 0.3) is 0 Å². The highest BCUT2D eigenvalue weighted by Gasteiger charge is 2.23. The predicted octanol–water partition coefficient (Wildman–Crippen LogP) is 4.26. The Morgan fingerprint density at radius 2 is 1.91 bits per heavy atom. The van der Waals surface area contributed by atoms with E-state index in [1.165, 1.54) is 0 Å². The van der Waals surface area contributed by atoms with Crippen molar-refractivity contribution in [2.24, 2.45) is 0 Å². The smallest absolute Gasteiger partial charge is 0.410 e. The summed E-state index contributed by atoms with van der Waals surface area (Å²) in [5.41, 5.74) is 1.52. The maximum Gasteiger partial charge on any atom is 0.410 e. The normalized spacial score (nSPS) is 14.7. The van der Waals surface area contributed by atoms with E-state index in [9.17, 15) is 4.79 Å². The van der Waals surface area contributed by atoms with Gasteiger partial charge in [-0.05, 0) is 51.5 Å². The molecule has 0 atom stereocenters. The van der Waals surface area contributed by atoms with Crippen LogP contribution in [0.5, 0.6) is 0 Å². The van der Waals surface area contributed by atoms with Crippen LogP contribution in [0, 0.1) is 11.8 Å². The third kappa shape index (κ3) is 5.13. The number of amides is 1. The van der Waals surface area contributed by atoms with Crippen LogP contribution in [0.3, 0.4) is 0 Å². The van der Waals surface area contributed by atoms with Crippen LogP contribution < -0.4 is 0 Å². The number of hydrogen-bond donors (Lipinski definition) is 0. The van der Waals surface area contributed by atoms with Gasteiger partial charge in [-0.3, -0.25) is 0 Å². The Labute approximate surface area is 136 Å². The van der Waals surface area contributed by atoms with Gasteiger partial charge in [-0.1, -0.05) is 29.5 Å². The summed E-state index contributed by atoms with van der Waals surface area (Å²) >= 11 is 5.84. The fraction of sp³-hybridized carbons (Fsp3) is 0.389. The molecule has 0 spiro atoms. The SMILES string of the molecule is CC(C)(C)OC(=O)N1CC=C(C#Cc2ccc(Cl)cc2)CC1. The molecule has 22 heavy (non-hydrogen) atoms. The number of nitrogens with zero attached hydrogens (tertiary/aromatic N) is 1. The van der Waals surface area contributed by atoms with Crippen LogP contribution in [0.4, 0.5) is 4.79 Å². The second-order valence-electron chi connectivity index (χ2n) is 6.16. The van der Waals surface area contributed by atoms with Crippen molar-refractivity contribution in [2.75, 3.05) is 13.1 Å². The van der Waals surface area contributed by atoms with Gasteiger partial charge in [0, 0.05) is 29.2 Å². The number of rotatable bonds is 0. The fourth-order valence-electron chi connectivity index (χ4n) is 1.96. The zero-order chi connectivity index (χ0) is 16.2. The minimum atomic E-state index is -0.463. The Hall–Kier alpha value is -1.92. The van der Waals surface area contributed by atoms with Crippen molar-refractivity contribution in [1.82, 2.24) is 4.90 Å². The van der Waals surface area contributed by atoms with Crippen molar-refractivity contribution in [3.8, 4) is 11.8 Å². The van der Waals surface area contributed by atoms with Gasteiger partial charge >= 0.3 is 6.09 Å². The average molecular weight is 318 g/mol. The maximum atomic E-state index is 12.0. The topological polar surface area (TPSA) is 29.5 Å². The number of carbonyl (C=O) groups excluding carboxylic acids is 1. The van der Waals surface area contributed by atoms with Gasteiger partial charge < -0.3 is 9.64 Å². The highest BCUT2D eigenvalue weighted by Crippen LogP contribution is 2.15. The molecule has 0 N–H and O–H groups in total. The van der Waals surface area contributed by atoms with Gasteiger partial charge in [0.05, 0.1) is 0 Å². The molecule has 0 saturated carbocycles. The lowest BCUT2D eigenvalue weighted by atomic mass is 10.1. The lowest BCUT2D eigenvalue weighted by Crippen LogP contribution is -2.39. The highest BCUT2D eigenvalue weighted by molar-refractivity contribution is 6.30. The van der Waals surface area contributed by atoms with Crippen LogP contribution in [0.2, 0.25) is 5.02 Å². The molecule has 1 amide bonds. The average Bonchev–Trinajstić information content (AvgIpc) is 2.45. The molecular weight excluding hydrogens is 298 g/mol. The summed E-state index contributed by atoms with van der Waals surface area (Å²) in [6.45, 7) is 6.78. The Morgan fingerprint density at radius 3 is 2.45 bits per heavy atom. The minimum absolute atomic E-state index is 0.270. The number of hydrogen-bond acceptors (Lipinski definition) is 2. The van der Waals surface area contributed by atoms with Crippen LogP contribution >= 0.6 is 11.6 Å². The second-order valence-corrected chi connectivity index (χ2v) is 6.60. The fourth-order valence-corrected chi connectivity index (χ4v) is 2.09. The predicted molar refractivity (Wildman–Crippen MR) is 88.8 cm³/mol. The van der Waals surface area contributed by atoms with Crippen molar-refractivity contribution in [3.63, 3.8) is 0 Å². The molecule has 4 heteroatoms. The first kappa shape index (κ1) is 16.5. The number of carbonyl (C=O) groups is 1. The number of benzene rings is 1. The molecule has 116 valence electrons. The molecule has 0 radical (unpaired) electrons. The van der Waals surface area contributed by atoms with E-state index in [2.05, 4.69) is 11.8 Å². The van der Waals surface area contributed by atoms with Crippen LogP contribution in [-0.2, 0) is 4.74 Å². The molecule has 1 aromatic rings. The summed E-state index contributed by atoms with van der Waals surface area (Å²) < 4.78 is 5.36. The van der Waals surface area contributed by atoms with Crippen molar-refractivity contribution in [3.05, 3.63) is 46.5 Å². The Bertz CT molecular complexity index is 630. The molecule has 0 saturated heterocycles. The van der Waals surface area contributed by atoms with Gasteiger partial charge in [0.2, 0.25) is 0 Å². The Morgan fingerprint density at radius 1 is 1.23 bits per heavy atom. The summed E-state index contributed by atoms with van der Waals surface area (Å²) in [6, 6.07) is 7.44. The molecule has 1 aliphatic heterocycles. The molecule has 3 nitrogen and oxygen atoms in total. The summed E-state index contributed by atoms with van der Waals surface area (Å²) in [6.07, 6.45) is 2.46. The summed E-state index contributed by atoms with van der Waals surface area (Å²) in [5, 5.41) is 0.704. The third-order valence-corrected chi connectivity index (χ3v) is 3.32. The molecule has 1 aromatic carbocycles. The van der Waals surface area contributed by atoms with E-state index < -0.39 is 5.60 Å². The van der Waals surface area contributed by atoms with Gasteiger partial charge in [-0.25, -0.2) is 4.79 Å². The second kappa shape index (κ2) is 6.89. The third-order valence-electron chi connectivity index (χ3n) is 3.07. The zero-order valence-electron chi connectivity index (χ0n) is 13.1. The maximum absolute atomic E-state index is 12.0. The van der Waals surface area contributed by atoms with Gasteiger partial charge in [-0.15, -0.1) is 0 Å². The van der Waals surface area contributed by atoms with Crippen LogP contribution in [-0.4, -0.2) is 29.7 Å². The van der Waals surface area contributed by atoms with Gasteiger partial charge in [0.1, 0.15) is 5.60 Å². The first-order valence-corrected chi connectivity index (χ1v) is 7.66.